The van der Waals surface area contributed by atoms with E-state index in [1.807, 2.05) is 13.8 Å². The highest BCUT2D eigenvalue weighted by atomic mass is 32.2. The van der Waals surface area contributed by atoms with Crippen LogP contribution in [0.5, 0.6) is 0 Å². The third-order valence-corrected chi connectivity index (χ3v) is 11.5. The number of hydrogen-bond donors (Lipinski definition) is 11. The Kier molecular flexibility index (Phi) is 24.0. The van der Waals surface area contributed by atoms with Crippen molar-refractivity contribution in [3.05, 3.63) is 71.8 Å². The second kappa shape index (κ2) is 29.3. The maximum Gasteiger partial charge on any atom is 0.326 e. The fraction of sp³-hybridized carbons (Fsp3) is 0.522. The van der Waals surface area contributed by atoms with Gasteiger partial charge in [0.2, 0.25) is 53.2 Å². The van der Waals surface area contributed by atoms with Gasteiger partial charge in [-0.15, -0.1) is 0 Å². The molecule has 0 saturated carbocycles. The zero-order valence-corrected chi connectivity index (χ0v) is 39.5. The number of carbonyl (C=O) groups is 10. The van der Waals surface area contributed by atoms with E-state index >= 15 is 0 Å². The van der Waals surface area contributed by atoms with Gasteiger partial charge in [0.1, 0.15) is 36.3 Å². The Morgan fingerprint density at radius 2 is 1.10 bits per heavy atom. The molecule has 0 unspecified atom stereocenters. The van der Waals surface area contributed by atoms with Crippen LogP contribution in [0.3, 0.4) is 0 Å². The quantitative estimate of drug-likeness (QED) is 0.0433. The molecule has 2 aromatic rings. The number of thioether (sulfide) groups is 1. The third kappa shape index (κ3) is 20.5. The number of nitrogens with one attached hydrogen (secondary N) is 8. The highest BCUT2D eigenvalue weighted by Crippen LogP contribution is 2.12. The molecule has 372 valence electrons. The Hall–Kier alpha value is -6.55. The number of aliphatic carboxylic acids is 1. The van der Waals surface area contributed by atoms with Gasteiger partial charge in [0, 0.05) is 25.7 Å². The molecular formula is C46H66N10O11S. The number of benzene rings is 2. The number of primary amides is 2. The number of rotatable bonds is 30. The zero-order valence-electron chi connectivity index (χ0n) is 38.7. The van der Waals surface area contributed by atoms with Crippen molar-refractivity contribution in [2.45, 2.75) is 120 Å². The number of nitrogens with two attached hydrogens (primary N) is 2. The molecule has 21 nitrogen and oxygen atoms in total. The van der Waals surface area contributed by atoms with E-state index in [9.17, 15) is 53.1 Å². The van der Waals surface area contributed by atoms with Crippen LogP contribution in [-0.4, -0.2) is 132 Å². The lowest BCUT2D eigenvalue weighted by atomic mass is 10.0. The van der Waals surface area contributed by atoms with Crippen LogP contribution in [0.2, 0.25) is 0 Å². The van der Waals surface area contributed by atoms with Crippen LogP contribution in [0, 0.1) is 5.92 Å². The maximum atomic E-state index is 14.3. The van der Waals surface area contributed by atoms with E-state index in [1.54, 1.807) is 66.9 Å². The minimum atomic E-state index is -1.48. The van der Waals surface area contributed by atoms with Gasteiger partial charge in [0.15, 0.2) is 0 Å². The molecule has 9 amide bonds. The zero-order chi connectivity index (χ0) is 50.2. The van der Waals surface area contributed by atoms with Crippen LogP contribution >= 0.6 is 11.8 Å². The molecule has 0 aromatic heterocycles. The molecular weight excluding hydrogens is 901 g/mol. The van der Waals surface area contributed by atoms with Gasteiger partial charge in [-0.05, 0) is 74.1 Å². The molecule has 3 rings (SSSR count). The first-order valence-corrected chi connectivity index (χ1v) is 23.9. The molecule has 1 saturated heterocycles. The lowest BCUT2D eigenvalue weighted by Gasteiger charge is -2.27. The van der Waals surface area contributed by atoms with E-state index in [2.05, 4.69) is 42.5 Å². The van der Waals surface area contributed by atoms with Crippen molar-refractivity contribution >= 4 is 70.9 Å². The predicted molar refractivity (Wildman–Crippen MR) is 253 cm³/mol. The molecule has 1 fully saturated rings. The van der Waals surface area contributed by atoms with Crippen molar-refractivity contribution < 1.29 is 53.1 Å². The van der Waals surface area contributed by atoms with E-state index < -0.39 is 108 Å². The summed E-state index contributed by atoms with van der Waals surface area (Å²) in [7, 11) is 0. The molecule has 0 bridgehead atoms. The van der Waals surface area contributed by atoms with Crippen molar-refractivity contribution in [1.29, 1.82) is 0 Å². The average molecular weight is 967 g/mol. The normalized spacial score (nSPS) is 15.8. The topological polar surface area (TPSA) is 339 Å². The minimum absolute atomic E-state index is 0.0663. The Morgan fingerprint density at radius 3 is 1.57 bits per heavy atom. The summed E-state index contributed by atoms with van der Waals surface area (Å²) in [4.78, 5) is 131. The number of amides is 9. The molecule has 1 aliphatic rings. The predicted octanol–water partition coefficient (Wildman–Crippen LogP) is -1.34. The highest BCUT2D eigenvalue weighted by molar-refractivity contribution is 7.98. The van der Waals surface area contributed by atoms with Gasteiger partial charge in [-0.3, -0.25) is 43.2 Å². The van der Waals surface area contributed by atoms with Crippen molar-refractivity contribution in [2.75, 3.05) is 25.1 Å². The number of carboxylic acids is 1. The van der Waals surface area contributed by atoms with E-state index in [0.29, 0.717) is 29.8 Å². The number of carboxylic acid groups (broad SMARTS) is 1. The van der Waals surface area contributed by atoms with Crippen molar-refractivity contribution in [3.63, 3.8) is 0 Å². The van der Waals surface area contributed by atoms with E-state index in [4.69, 9.17) is 11.5 Å². The first-order chi connectivity index (χ1) is 32.4. The smallest absolute Gasteiger partial charge is 0.326 e. The van der Waals surface area contributed by atoms with Crippen molar-refractivity contribution in [1.82, 2.24) is 42.5 Å². The van der Waals surface area contributed by atoms with Crippen molar-refractivity contribution in [2.24, 2.45) is 17.4 Å². The molecule has 0 radical (unpaired) electrons. The Bertz CT molecular complexity index is 2040. The minimum Gasteiger partial charge on any atom is -0.480 e. The second-order valence-corrected chi connectivity index (χ2v) is 17.9. The molecule has 22 heteroatoms. The van der Waals surface area contributed by atoms with Gasteiger partial charge in [-0.2, -0.15) is 11.8 Å². The van der Waals surface area contributed by atoms with Gasteiger partial charge in [-0.25, -0.2) is 4.79 Å². The van der Waals surface area contributed by atoms with Gasteiger partial charge in [0.25, 0.3) is 0 Å². The lowest BCUT2D eigenvalue weighted by Crippen LogP contribution is -2.59. The monoisotopic (exact) mass is 966 g/mol. The Morgan fingerprint density at radius 1 is 0.632 bits per heavy atom. The van der Waals surface area contributed by atoms with E-state index in [0.717, 1.165) is 6.42 Å². The molecule has 1 aliphatic heterocycles. The molecule has 68 heavy (non-hydrogen) atoms. The van der Waals surface area contributed by atoms with Crippen LogP contribution < -0.4 is 54.0 Å². The van der Waals surface area contributed by atoms with E-state index in [1.165, 1.54) is 11.8 Å². The van der Waals surface area contributed by atoms with Crippen LogP contribution in [0.15, 0.2) is 60.7 Å². The third-order valence-electron chi connectivity index (χ3n) is 10.8. The number of hydrogen-bond acceptors (Lipinski definition) is 12. The molecule has 2 aromatic carbocycles. The Balaban J connectivity index is 1.86. The Labute approximate surface area is 400 Å². The van der Waals surface area contributed by atoms with Gasteiger partial charge >= 0.3 is 5.97 Å². The van der Waals surface area contributed by atoms with Gasteiger partial charge in [-0.1, -0.05) is 74.5 Å². The standard InChI is InChI=1S/C46H66N10O11S/c1-27(2)23-34(44(64)54-33(46(66)67)20-22-68-3)51-39(59)26-50-40(60)35(24-28-11-6-4-7-12-28)55-45(65)36(25-29-13-8-5-9-14-29)56-43(63)32(17-19-38(48)58)53-42(62)31(16-18-37(47)57)52-41(61)30-15-10-21-49-30/h4-9,11-14,27,30-36,49H,10,15-26H2,1-3H3,(H2,47,57)(H2,48,58)(H,50,60)(H,51,59)(H,52,61)(H,53,62)(H,54,64)(H,55,65)(H,56,63)(H,66,67)/t30-,31-,32-,33-,34-,35-,36-/m0/s1. The van der Waals surface area contributed by atoms with Gasteiger partial charge < -0.3 is 59.1 Å². The van der Waals surface area contributed by atoms with Crippen molar-refractivity contribution in [3.8, 4) is 0 Å². The number of carbonyl (C=O) groups excluding carboxylic acids is 9. The fourth-order valence-corrected chi connectivity index (χ4v) is 7.70. The summed E-state index contributed by atoms with van der Waals surface area (Å²) in [6.07, 6.45) is 2.05. The fourth-order valence-electron chi connectivity index (χ4n) is 7.23. The summed E-state index contributed by atoms with van der Waals surface area (Å²) in [5.41, 5.74) is 12.0. The maximum absolute atomic E-state index is 14.3. The van der Waals surface area contributed by atoms with Gasteiger partial charge in [0.05, 0.1) is 12.6 Å². The SMILES string of the molecule is CSCC[C@H](NC(=O)[C@H](CC(C)C)NC(=O)CNC(=O)[C@H](Cc1ccccc1)NC(=O)[C@H](Cc1ccccc1)NC(=O)[C@H](CCC(N)=O)NC(=O)[C@H](CCC(N)=O)NC(=O)[C@@H]1CCCN1)C(=O)O. The molecule has 1 heterocycles. The summed E-state index contributed by atoms with van der Waals surface area (Å²) in [5.74, 6) is -7.71. The second-order valence-electron chi connectivity index (χ2n) is 16.9. The molecule has 7 atom stereocenters. The largest absolute Gasteiger partial charge is 0.480 e. The summed E-state index contributed by atoms with van der Waals surface area (Å²) in [6, 6.07) is 8.84. The highest BCUT2D eigenvalue weighted by Gasteiger charge is 2.34. The van der Waals surface area contributed by atoms with Crippen LogP contribution in [0.25, 0.3) is 0 Å². The first kappa shape index (κ1) is 55.8. The van der Waals surface area contributed by atoms with Crippen LogP contribution in [-0.2, 0) is 60.8 Å². The lowest BCUT2D eigenvalue weighted by molar-refractivity contribution is -0.142. The summed E-state index contributed by atoms with van der Waals surface area (Å²) >= 11 is 1.42. The average Bonchev–Trinajstić information content (AvgIpc) is 3.85. The summed E-state index contributed by atoms with van der Waals surface area (Å²) < 4.78 is 0. The summed E-state index contributed by atoms with van der Waals surface area (Å²) in [6.45, 7) is 3.61. The first-order valence-electron chi connectivity index (χ1n) is 22.5. The molecule has 13 N–H and O–H groups in total. The van der Waals surface area contributed by atoms with E-state index in [-0.39, 0.29) is 57.3 Å². The molecule has 0 spiro atoms. The van der Waals surface area contributed by atoms with Crippen LogP contribution in [0.1, 0.15) is 76.3 Å². The summed E-state index contributed by atoms with van der Waals surface area (Å²) in [5, 5.41) is 30.7. The van der Waals surface area contributed by atoms with Crippen LogP contribution in [0.4, 0.5) is 0 Å². The molecule has 0 aliphatic carbocycles.